The third-order valence-electron chi connectivity index (χ3n) is 4.87. The van der Waals surface area contributed by atoms with Gasteiger partial charge in [-0.2, -0.15) is 0 Å². The molecule has 0 bridgehead atoms. The molecule has 6 nitrogen and oxygen atoms in total. The van der Waals surface area contributed by atoms with Crippen molar-refractivity contribution in [1.82, 2.24) is 15.5 Å². The molecule has 1 aromatic carbocycles. The minimum absolute atomic E-state index is 0.142. The number of ether oxygens (including phenoxy) is 1. The molecule has 0 aliphatic carbocycles. The molecular weight excluding hydrogens is 340 g/mol. The largest absolute Gasteiger partial charge is 0.494 e. The number of nitrogens with zero attached hydrogens (tertiary/aromatic N) is 2. The van der Waals surface area contributed by atoms with Crippen LogP contribution in [0.2, 0.25) is 0 Å². The van der Waals surface area contributed by atoms with Crippen LogP contribution < -0.4 is 15.4 Å². The van der Waals surface area contributed by atoms with Gasteiger partial charge >= 0.3 is 0 Å². The van der Waals surface area contributed by atoms with Gasteiger partial charge in [0.25, 0.3) is 0 Å². The second-order valence-corrected chi connectivity index (χ2v) is 6.87. The molecule has 150 valence electrons. The van der Waals surface area contributed by atoms with Crippen LogP contribution in [0.3, 0.4) is 0 Å². The van der Waals surface area contributed by atoms with Gasteiger partial charge in [0, 0.05) is 39.6 Å². The summed E-state index contributed by atoms with van der Waals surface area (Å²) in [6.07, 6.45) is 3.60. The van der Waals surface area contributed by atoms with Crippen molar-refractivity contribution in [3.05, 3.63) is 29.8 Å². The molecule has 1 fully saturated rings. The molecule has 0 unspecified atom stereocenters. The average Bonchev–Trinajstić information content (AvgIpc) is 2.68. The summed E-state index contributed by atoms with van der Waals surface area (Å²) < 4.78 is 5.57. The van der Waals surface area contributed by atoms with Gasteiger partial charge in [-0.1, -0.05) is 12.1 Å². The normalized spacial score (nSPS) is 15.5. The maximum Gasteiger partial charge on any atom is 0.220 e. The highest BCUT2D eigenvalue weighted by molar-refractivity contribution is 5.80. The fourth-order valence-electron chi connectivity index (χ4n) is 3.39. The first-order valence-corrected chi connectivity index (χ1v) is 10.1. The van der Waals surface area contributed by atoms with E-state index in [1.807, 2.05) is 19.1 Å². The van der Waals surface area contributed by atoms with Crippen LogP contribution in [-0.4, -0.2) is 56.6 Å². The van der Waals surface area contributed by atoms with E-state index in [0.29, 0.717) is 18.9 Å². The topological polar surface area (TPSA) is 66.0 Å². The highest BCUT2D eigenvalue weighted by Gasteiger charge is 2.22. The third-order valence-corrected chi connectivity index (χ3v) is 4.87. The predicted molar refractivity (Wildman–Crippen MR) is 110 cm³/mol. The first-order chi connectivity index (χ1) is 13.2. The molecule has 0 aromatic heterocycles. The number of aliphatic imine (C=N–C) groups is 1. The van der Waals surface area contributed by atoms with E-state index in [-0.39, 0.29) is 5.91 Å². The van der Waals surface area contributed by atoms with Crippen LogP contribution in [0.1, 0.15) is 38.7 Å². The zero-order valence-corrected chi connectivity index (χ0v) is 17.0. The maximum atomic E-state index is 11.6. The van der Waals surface area contributed by atoms with E-state index < -0.39 is 0 Å². The number of nitrogens with one attached hydrogen (secondary N) is 2. The number of hydrogen-bond acceptors (Lipinski definition) is 3. The van der Waals surface area contributed by atoms with Gasteiger partial charge < -0.3 is 20.3 Å². The standard InChI is InChI=1S/C21H34N4O2/c1-4-23-21(25-13-10-18(11-14-25)16-20(26)22-3)24-12-9-17-7-6-8-19(15-17)27-5-2/h6-8,15,18H,4-5,9-14,16H2,1-3H3,(H,22,26)(H,23,24). The van der Waals surface area contributed by atoms with E-state index in [0.717, 1.165) is 57.2 Å². The van der Waals surface area contributed by atoms with Gasteiger partial charge in [0.15, 0.2) is 5.96 Å². The van der Waals surface area contributed by atoms with Crippen LogP contribution in [0.25, 0.3) is 0 Å². The Morgan fingerprint density at radius 3 is 2.74 bits per heavy atom. The van der Waals surface area contributed by atoms with Gasteiger partial charge in [-0.25, -0.2) is 0 Å². The fraction of sp³-hybridized carbons (Fsp3) is 0.619. The summed E-state index contributed by atoms with van der Waals surface area (Å²) in [5, 5.41) is 6.13. The lowest BCUT2D eigenvalue weighted by Crippen LogP contribution is -2.46. The maximum absolute atomic E-state index is 11.6. The number of carbonyl (C=O) groups is 1. The van der Waals surface area contributed by atoms with Crippen molar-refractivity contribution in [2.45, 2.75) is 39.5 Å². The minimum Gasteiger partial charge on any atom is -0.494 e. The van der Waals surface area contributed by atoms with Crippen molar-refractivity contribution in [1.29, 1.82) is 0 Å². The molecule has 2 rings (SSSR count). The molecule has 0 atom stereocenters. The summed E-state index contributed by atoms with van der Waals surface area (Å²) in [5.74, 6) is 2.52. The van der Waals surface area contributed by atoms with E-state index in [9.17, 15) is 4.79 Å². The Morgan fingerprint density at radius 1 is 1.30 bits per heavy atom. The number of carbonyl (C=O) groups excluding carboxylic acids is 1. The Balaban J connectivity index is 1.87. The van der Waals surface area contributed by atoms with Gasteiger partial charge in [-0.3, -0.25) is 9.79 Å². The van der Waals surface area contributed by atoms with Gasteiger partial charge in [0.05, 0.1) is 6.61 Å². The van der Waals surface area contributed by atoms with Crippen LogP contribution >= 0.6 is 0 Å². The Bertz CT molecular complexity index is 610. The highest BCUT2D eigenvalue weighted by Crippen LogP contribution is 2.20. The number of piperidine rings is 1. The molecule has 27 heavy (non-hydrogen) atoms. The van der Waals surface area contributed by atoms with Gasteiger partial charge in [-0.15, -0.1) is 0 Å². The fourth-order valence-corrected chi connectivity index (χ4v) is 3.39. The van der Waals surface area contributed by atoms with Gasteiger partial charge in [0.1, 0.15) is 5.75 Å². The smallest absolute Gasteiger partial charge is 0.220 e. The van der Waals surface area contributed by atoms with Crippen LogP contribution in [-0.2, 0) is 11.2 Å². The van der Waals surface area contributed by atoms with Crippen LogP contribution in [0, 0.1) is 5.92 Å². The Morgan fingerprint density at radius 2 is 2.07 bits per heavy atom. The second kappa shape index (κ2) is 11.5. The molecule has 1 aromatic rings. The van der Waals surface area contributed by atoms with E-state index >= 15 is 0 Å². The van der Waals surface area contributed by atoms with Crippen LogP contribution in [0.15, 0.2) is 29.3 Å². The number of likely N-dealkylation sites (tertiary alicyclic amines) is 1. The summed E-state index contributed by atoms with van der Waals surface area (Å²) in [5.41, 5.74) is 1.24. The molecule has 1 aliphatic rings. The Kier molecular flexibility index (Phi) is 8.95. The molecule has 0 radical (unpaired) electrons. The zero-order chi connectivity index (χ0) is 19.5. The summed E-state index contributed by atoms with van der Waals surface area (Å²) >= 11 is 0. The van der Waals surface area contributed by atoms with E-state index in [2.05, 4.69) is 34.6 Å². The molecule has 0 spiro atoms. The molecule has 2 N–H and O–H groups in total. The minimum atomic E-state index is 0.142. The van der Waals surface area contributed by atoms with E-state index in [1.54, 1.807) is 7.05 Å². The molecule has 6 heteroatoms. The highest BCUT2D eigenvalue weighted by atomic mass is 16.5. The third kappa shape index (κ3) is 7.12. The lowest BCUT2D eigenvalue weighted by molar-refractivity contribution is -0.121. The molecule has 1 aliphatic heterocycles. The first-order valence-electron chi connectivity index (χ1n) is 10.1. The average molecular weight is 375 g/mol. The SMILES string of the molecule is CCNC(=NCCc1cccc(OCC)c1)N1CCC(CC(=O)NC)CC1. The van der Waals surface area contributed by atoms with E-state index in [4.69, 9.17) is 9.73 Å². The van der Waals surface area contributed by atoms with Crippen molar-refractivity contribution in [2.24, 2.45) is 10.9 Å². The summed E-state index contributed by atoms with van der Waals surface area (Å²) in [4.78, 5) is 18.7. The lowest BCUT2D eigenvalue weighted by atomic mass is 9.93. The van der Waals surface area contributed by atoms with Crippen LogP contribution in [0.5, 0.6) is 5.75 Å². The number of rotatable bonds is 8. The Labute approximate surface area is 163 Å². The number of benzene rings is 1. The molecule has 1 saturated heterocycles. The first kappa shape index (κ1) is 21.1. The molecule has 1 amide bonds. The lowest BCUT2D eigenvalue weighted by Gasteiger charge is -2.34. The number of amides is 1. The molecule has 0 saturated carbocycles. The van der Waals surface area contributed by atoms with Crippen LogP contribution in [0.4, 0.5) is 0 Å². The number of guanidine groups is 1. The summed E-state index contributed by atoms with van der Waals surface area (Å²) in [7, 11) is 1.71. The quantitative estimate of drug-likeness (QED) is 0.542. The molecule has 1 heterocycles. The van der Waals surface area contributed by atoms with Crippen molar-refractivity contribution < 1.29 is 9.53 Å². The second-order valence-electron chi connectivity index (χ2n) is 6.87. The van der Waals surface area contributed by atoms with Gasteiger partial charge in [-0.05, 0) is 56.7 Å². The summed E-state index contributed by atoms with van der Waals surface area (Å²) in [6.45, 7) is 8.28. The van der Waals surface area contributed by atoms with E-state index in [1.165, 1.54) is 5.56 Å². The van der Waals surface area contributed by atoms with Gasteiger partial charge in [0.2, 0.25) is 5.91 Å². The predicted octanol–water partition coefficient (Wildman–Crippen LogP) is 2.44. The van der Waals surface area contributed by atoms with Crippen molar-refractivity contribution >= 4 is 11.9 Å². The zero-order valence-electron chi connectivity index (χ0n) is 17.0. The van der Waals surface area contributed by atoms with Crippen molar-refractivity contribution in [2.75, 3.05) is 39.8 Å². The monoisotopic (exact) mass is 374 g/mol. The number of hydrogen-bond donors (Lipinski definition) is 2. The van der Waals surface area contributed by atoms with Crippen molar-refractivity contribution in [3.63, 3.8) is 0 Å². The molecular formula is C21H34N4O2. The Hall–Kier alpha value is -2.24. The summed E-state index contributed by atoms with van der Waals surface area (Å²) in [6, 6.07) is 8.24. The van der Waals surface area contributed by atoms with Crippen molar-refractivity contribution in [3.8, 4) is 5.75 Å².